The van der Waals surface area contributed by atoms with Crippen molar-refractivity contribution in [1.29, 1.82) is 0 Å². The van der Waals surface area contributed by atoms with E-state index in [4.69, 9.17) is 0 Å². The molecule has 5 rings (SSSR count). The van der Waals surface area contributed by atoms with Crippen LogP contribution in [0.4, 0.5) is 0 Å². The summed E-state index contributed by atoms with van der Waals surface area (Å²) >= 11 is 0. The van der Waals surface area contributed by atoms with Crippen LogP contribution in [0.2, 0.25) is 0 Å². The molecule has 32 heavy (non-hydrogen) atoms. The number of likely N-dealkylation sites (tertiary alicyclic amines) is 1. The first kappa shape index (κ1) is 22.4. The Labute approximate surface area is 193 Å². The van der Waals surface area contributed by atoms with E-state index >= 15 is 0 Å². The van der Waals surface area contributed by atoms with Crippen molar-refractivity contribution in [3.63, 3.8) is 0 Å². The fourth-order valence-electron chi connectivity index (χ4n) is 9.10. The van der Waals surface area contributed by atoms with Crippen LogP contribution in [-0.4, -0.2) is 41.0 Å². The third kappa shape index (κ3) is 3.20. The van der Waals surface area contributed by atoms with Gasteiger partial charge in [-0.15, -0.1) is 0 Å². The van der Waals surface area contributed by atoms with Gasteiger partial charge in [0.15, 0.2) is 0 Å². The highest BCUT2D eigenvalue weighted by molar-refractivity contribution is 5.81. The molecule has 4 aliphatic carbocycles. The number of hydrogen-bond donors (Lipinski definition) is 2. The van der Waals surface area contributed by atoms with Gasteiger partial charge in [-0.25, -0.2) is 0 Å². The normalized spacial score (nSPS) is 46.4. The van der Waals surface area contributed by atoms with Crippen LogP contribution in [0, 0.1) is 34.5 Å². The van der Waals surface area contributed by atoms with Crippen LogP contribution in [0.25, 0.3) is 0 Å². The zero-order valence-electron chi connectivity index (χ0n) is 20.5. The molecule has 0 unspecified atom stereocenters. The van der Waals surface area contributed by atoms with Gasteiger partial charge in [0.1, 0.15) is 0 Å². The highest BCUT2D eigenvalue weighted by Crippen LogP contribution is 2.66. The minimum Gasteiger partial charge on any atom is -0.391 e. The summed E-state index contributed by atoms with van der Waals surface area (Å²) in [5.74, 6) is 2.32. The van der Waals surface area contributed by atoms with E-state index < -0.39 is 0 Å². The van der Waals surface area contributed by atoms with Crippen LogP contribution in [-0.2, 0) is 9.59 Å². The fraction of sp³-hybridized carbons (Fsp3) is 0.852. The molecule has 2 N–H and O–H groups in total. The van der Waals surface area contributed by atoms with Gasteiger partial charge in [-0.3, -0.25) is 9.59 Å². The Morgan fingerprint density at radius 1 is 1.06 bits per heavy atom. The van der Waals surface area contributed by atoms with Gasteiger partial charge in [0.2, 0.25) is 11.8 Å². The Balaban J connectivity index is 1.38. The standard InChI is InChI=1S/C27H42N2O3/c1-16-15-17-18-9-10-20(25(32)28-21-7-5-6-8-22(21)30)26(18,2)13-11-19(17)27(3)14-12-23(31)29(4)24(16)27/h17-22,30H,5-15H2,1-4H3,(H,28,32)/t17-,18-,19-,20+,21-,22-,26-,27+/m0/s1. The van der Waals surface area contributed by atoms with E-state index in [1.54, 1.807) is 0 Å². The molecule has 0 spiro atoms. The van der Waals surface area contributed by atoms with Crippen LogP contribution in [0.15, 0.2) is 11.3 Å². The highest BCUT2D eigenvalue weighted by atomic mass is 16.3. The molecule has 1 aliphatic heterocycles. The molecule has 4 fully saturated rings. The summed E-state index contributed by atoms with van der Waals surface area (Å²) < 4.78 is 0. The van der Waals surface area contributed by atoms with Crippen LogP contribution in [0.1, 0.15) is 91.4 Å². The largest absolute Gasteiger partial charge is 0.391 e. The first-order chi connectivity index (χ1) is 15.2. The van der Waals surface area contributed by atoms with E-state index in [-0.39, 0.29) is 40.7 Å². The van der Waals surface area contributed by atoms with Crippen molar-refractivity contribution >= 4 is 11.8 Å². The van der Waals surface area contributed by atoms with Crippen molar-refractivity contribution in [2.45, 2.75) is 104 Å². The maximum atomic E-state index is 13.4. The number of aliphatic hydroxyl groups excluding tert-OH is 1. The molecule has 0 aromatic carbocycles. The molecule has 5 heteroatoms. The molecule has 5 nitrogen and oxygen atoms in total. The lowest BCUT2D eigenvalue weighted by Gasteiger charge is -2.59. The van der Waals surface area contributed by atoms with E-state index in [0.29, 0.717) is 24.2 Å². The molecular formula is C27H42N2O3. The highest BCUT2D eigenvalue weighted by Gasteiger charge is 2.61. The summed E-state index contributed by atoms with van der Waals surface area (Å²) in [6, 6.07) is -0.0631. The summed E-state index contributed by atoms with van der Waals surface area (Å²) in [7, 11) is 1.97. The van der Waals surface area contributed by atoms with Gasteiger partial charge in [-0.1, -0.05) is 32.3 Å². The first-order valence-corrected chi connectivity index (χ1v) is 13.1. The van der Waals surface area contributed by atoms with Gasteiger partial charge in [0.05, 0.1) is 12.1 Å². The third-order valence-electron chi connectivity index (χ3n) is 10.7. The van der Waals surface area contributed by atoms with Crippen molar-refractivity contribution in [3.05, 3.63) is 11.3 Å². The number of fused-ring (bicyclic) bond motifs is 5. The first-order valence-electron chi connectivity index (χ1n) is 13.1. The van der Waals surface area contributed by atoms with Crippen molar-refractivity contribution in [2.75, 3.05) is 7.05 Å². The van der Waals surface area contributed by atoms with Gasteiger partial charge in [-0.2, -0.15) is 0 Å². The minimum atomic E-state index is -0.385. The monoisotopic (exact) mass is 442 g/mol. The number of carbonyl (C=O) groups excluding carboxylic acids is 2. The zero-order chi connectivity index (χ0) is 22.8. The van der Waals surface area contributed by atoms with Gasteiger partial charge in [-0.05, 0) is 81.5 Å². The summed E-state index contributed by atoms with van der Waals surface area (Å²) in [5.41, 5.74) is 2.84. The van der Waals surface area contributed by atoms with Crippen molar-refractivity contribution in [3.8, 4) is 0 Å². The number of rotatable bonds is 2. The second kappa shape index (κ2) is 7.85. The van der Waals surface area contributed by atoms with Gasteiger partial charge in [0, 0.05) is 30.5 Å². The van der Waals surface area contributed by atoms with Crippen LogP contribution in [0.3, 0.4) is 0 Å². The Morgan fingerprint density at radius 3 is 2.56 bits per heavy atom. The average Bonchev–Trinajstić information content (AvgIpc) is 3.10. The summed E-state index contributed by atoms with van der Waals surface area (Å²) in [4.78, 5) is 27.9. The number of carbonyl (C=O) groups is 2. The molecular weight excluding hydrogens is 400 g/mol. The van der Waals surface area contributed by atoms with E-state index in [0.717, 1.165) is 64.2 Å². The number of allylic oxidation sites excluding steroid dienone is 2. The number of piperidine rings is 1. The topological polar surface area (TPSA) is 69.6 Å². The second-order valence-corrected chi connectivity index (χ2v) is 12.2. The lowest BCUT2D eigenvalue weighted by Crippen LogP contribution is -2.55. The number of nitrogens with zero attached hydrogens (tertiary/aromatic N) is 1. The predicted octanol–water partition coefficient (Wildman–Crippen LogP) is 4.40. The lowest BCUT2D eigenvalue weighted by molar-refractivity contribution is -0.139. The Bertz CT molecular complexity index is 837. The molecule has 0 aromatic heterocycles. The molecule has 2 amide bonds. The Morgan fingerprint density at radius 2 is 1.81 bits per heavy atom. The zero-order valence-corrected chi connectivity index (χ0v) is 20.5. The molecule has 0 bridgehead atoms. The fourth-order valence-corrected chi connectivity index (χ4v) is 9.10. The summed E-state index contributed by atoms with van der Waals surface area (Å²) in [6.07, 6.45) is 10.6. The molecule has 8 atom stereocenters. The smallest absolute Gasteiger partial charge is 0.226 e. The van der Waals surface area contributed by atoms with Gasteiger partial charge >= 0.3 is 0 Å². The van der Waals surface area contributed by atoms with Gasteiger partial charge < -0.3 is 15.3 Å². The number of amides is 2. The van der Waals surface area contributed by atoms with Crippen molar-refractivity contribution in [1.82, 2.24) is 10.2 Å². The van der Waals surface area contributed by atoms with Crippen molar-refractivity contribution < 1.29 is 14.7 Å². The number of aliphatic hydroxyl groups is 1. The second-order valence-electron chi connectivity index (χ2n) is 12.2. The van der Waals surface area contributed by atoms with E-state index in [9.17, 15) is 14.7 Å². The Kier molecular flexibility index (Phi) is 5.51. The van der Waals surface area contributed by atoms with Crippen molar-refractivity contribution in [2.24, 2.45) is 34.5 Å². The Hall–Kier alpha value is -1.36. The maximum absolute atomic E-state index is 13.4. The van der Waals surface area contributed by atoms with Crippen LogP contribution >= 0.6 is 0 Å². The lowest BCUT2D eigenvalue weighted by atomic mass is 9.48. The van der Waals surface area contributed by atoms with E-state index in [1.807, 2.05) is 11.9 Å². The number of hydrogen-bond acceptors (Lipinski definition) is 3. The quantitative estimate of drug-likeness (QED) is 0.666. The van der Waals surface area contributed by atoms with E-state index in [1.165, 1.54) is 11.3 Å². The third-order valence-corrected chi connectivity index (χ3v) is 10.7. The molecule has 3 saturated carbocycles. The average molecular weight is 443 g/mol. The van der Waals surface area contributed by atoms with Crippen LogP contribution < -0.4 is 5.32 Å². The summed E-state index contributed by atoms with van der Waals surface area (Å²) in [6.45, 7) is 7.04. The van der Waals surface area contributed by atoms with Gasteiger partial charge in [0.25, 0.3) is 0 Å². The maximum Gasteiger partial charge on any atom is 0.226 e. The molecule has 1 heterocycles. The SMILES string of the molecule is CC1=C2N(C)C(=O)CC[C@]2(C)[C@H]2CC[C@]3(C)[C@@H](C(=O)N[C@H]4CCCC[C@@H]4O)CC[C@H]3[C@@H]2C1. The molecule has 0 aromatic rings. The predicted molar refractivity (Wildman–Crippen MR) is 124 cm³/mol. The molecule has 5 aliphatic rings. The van der Waals surface area contributed by atoms with E-state index in [2.05, 4.69) is 26.1 Å². The molecule has 1 saturated heterocycles. The van der Waals surface area contributed by atoms with Crippen LogP contribution in [0.5, 0.6) is 0 Å². The minimum absolute atomic E-state index is 0.0510. The summed E-state index contributed by atoms with van der Waals surface area (Å²) in [5, 5.41) is 13.6. The molecule has 178 valence electrons. The number of nitrogens with one attached hydrogen (secondary N) is 1. The molecule has 0 radical (unpaired) electrons.